The largest absolute Gasteiger partial charge is 0.254 e. The monoisotopic (exact) mass is 240 g/mol. The van der Waals surface area contributed by atoms with Gasteiger partial charge in [0, 0.05) is 22.3 Å². The van der Waals surface area contributed by atoms with Crippen LogP contribution in [0, 0.1) is 0 Å². The Kier molecular flexibility index (Phi) is 3.04. The molecule has 0 aromatic carbocycles. The minimum Gasteiger partial charge on any atom is -0.254 e. The lowest BCUT2D eigenvalue weighted by Gasteiger charge is -2.14. The molecule has 0 aliphatic heterocycles. The SMILES string of the molecule is CC1=CC(=C2C=C(C)C(=[NH2+])C(C)=C2)C=C(C)C1=[NH2+]. The molecule has 0 heterocycles. The third-order valence-electron chi connectivity index (χ3n) is 3.52. The third kappa shape index (κ3) is 2.06. The van der Waals surface area contributed by atoms with Crippen molar-refractivity contribution in [3.8, 4) is 0 Å². The second-order valence-corrected chi connectivity index (χ2v) is 5.05. The zero-order valence-corrected chi connectivity index (χ0v) is 11.5. The molecule has 2 rings (SSSR count). The predicted octanol–water partition coefficient (Wildman–Crippen LogP) is 0.496. The first-order valence-electron chi connectivity index (χ1n) is 6.14. The van der Waals surface area contributed by atoms with Gasteiger partial charge in [-0.25, -0.2) is 0 Å². The lowest BCUT2D eigenvalue weighted by molar-refractivity contribution is -0.113. The highest BCUT2D eigenvalue weighted by Gasteiger charge is 2.19. The van der Waals surface area contributed by atoms with Crippen molar-refractivity contribution in [2.75, 3.05) is 0 Å². The van der Waals surface area contributed by atoms with E-state index in [9.17, 15) is 0 Å². The number of allylic oxidation sites excluding steroid dienone is 10. The van der Waals surface area contributed by atoms with Crippen LogP contribution in [0.3, 0.4) is 0 Å². The van der Waals surface area contributed by atoms with Gasteiger partial charge >= 0.3 is 0 Å². The van der Waals surface area contributed by atoms with Crippen molar-refractivity contribution in [1.82, 2.24) is 0 Å². The lowest BCUT2D eigenvalue weighted by Crippen LogP contribution is -2.42. The Morgan fingerprint density at radius 2 is 0.778 bits per heavy atom. The molecule has 2 aliphatic rings. The van der Waals surface area contributed by atoms with Crippen LogP contribution in [0.15, 0.2) is 57.7 Å². The van der Waals surface area contributed by atoms with Crippen LogP contribution in [0.4, 0.5) is 0 Å². The second kappa shape index (κ2) is 4.37. The van der Waals surface area contributed by atoms with Crippen molar-refractivity contribution in [2.24, 2.45) is 0 Å². The molecule has 0 atom stereocenters. The van der Waals surface area contributed by atoms with E-state index in [1.807, 2.05) is 27.7 Å². The van der Waals surface area contributed by atoms with Crippen LogP contribution in [0.2, 0.25) is 0 Å². The summed E-state index contributed by atoms with van der Waals surface area (Å²) in [5.74, 6) is 0. The maximum atomic E-state index is 5.99. The molecule has 2 nitrogen and oxygen atoms in total. The van der Waals surface area contributed by atoms with Gasteiger partial charge in [0.25, 0.3) is 0 Å². The molecule has 0 amide bonds. The highest BCUT2D eigenvalue weighted by molar-refractivity contribution is 6.11. The van der Waals surface area contributed by atoms with Gasteiger partial charge in [0.05, 0.1) is 0 Å². The van der Waals surface area contributed by atoms with E-state index in [1.165, 1.54) is 11.1 Å². The molecule has 0 unspecified atom stereocenters. The van der Waals surface area contributed by atoms with E-state index in [1.54, 1.807) is 0 Å². The molecule has 18 heavy (non-hydrogen) atoms. The van der Waals surface area contributed by atoms with Gasteiger partial charge in [-0.2, -0.15) is 0 Å². The molecule has 0 radical (unpaired) electrons. The molecular formula is C16H20N2+2. The first-order valence-corrected chi connectivity index (χ1v) is 6.14. The molecule has 2 aliphatic carbocycles. The van der Waals surface area contributed by atoms with E-state index in [0.717, 1.165) is 33.7 Å². The van der Waals surface area contributed by atoms with Crippen LogP contribution in [0.1, 0.15) is 27.7 Å². The summed E-state index contributed by atoms with van der Waals surface area (Å²) in [5.41, 5.74) is 8.64. The first-order chi connectivity index (χ1) is 8.40. The molecule has 0 aromatic rings. The van der Waals surface area contributed by atoms with Crippen LogP contribution < -0.4 is 10.8 Å². The average Bonchev–Trinajstić information content (AvgIpc) is 2.31. The topological polar surface area (TPSA) is 51.2 Å². The van der Waals surface area contributed by atoms with E-state index >= 15 is 0 Å². The normalized spacial score (nSPS) is 20.4. The van der Waals surface area contributed by atoms with Gasteiger partial charge in [-0.1, -0.05) is 0 Å². The Labute approximate surface area is 108 Å². The molecule has 0 saturated heterocycles. The van der Waals surface area contributed by atoms with E-state index in [-0.39, 0.29) is 0 Å². The highest BCUT2D eigenvalue weighted by Crippen LogP contribution is 2.26. The van der Waals surface area contributed by atoms with Crippen molar-refractivity contribution >= 4 is 11.4 Å². The quantitative estimate of drug-likeness (QED) is 0.619. The zero-order valence-electron chi connectivity index (χ0n) is 11.5. The fourth-order valence-corrected chi connectivity index (χ4v) is 2.28. The molecule has 0 saturated carbocycles. The maximum absolute atomic E-state index is 5.99. The number of nitrogens with two attached hydrogens (primary N) is 2. The fourth-order valence-electron chi connectivity index (χ4n) is 2.28. The minimum atomic E-state index is 0.877. The Morgan fingerprint density at radius 1 is 0.556 bits per heavy atom. The molecular weight excluding hydrogens is 220 g/mol. The van der Waals surface area contributed by atoms with Crippen LogP contribution in [-0.2, 0) is 0 Å². The number of hydrogen-bond acceptors (Lipinski definition) is 0. The molecule has 2 heteroatoms. The van der Waals surface area contributed by atoms with Crippen LogP contribution in [-0.4, -0.2) is 11.4 Å². The summed E-state index contributed by atoms with van der Waals surface area (Å²) in [6.45, 7) is 8.18. The van der Waals surface area contributed by atoms with E-state index in [2.05, 4.69) is 24.3 Å². The van der Waals surface area contributed by atoms with Crippen LogP contribution >= 0.6 is 0 Å². The summed E-state index contributed by atoms with van der Waals surface area (Å²) in [6.07, 6.45) is 8.53. The van der Waals surface area contributed by atoms with Gasteiger partial charge in [0.15, 0.2) is 0 Å². The summed E-state index contributed by atoms with van der Waals surface area (Å²) in [5, 5.41) is 12.0. The third-order valence-corrected chi connectivity index (χ3v) is 3.52. The molecule has 0 fully saturated rings. The van der Waals surface area contributed by atoms with E-state index in [4.69, 9.17) is 10.8 Å². The van der Waals surface area contributed by atoms with Crippen LogP contribution in [0.5, 0.6) is 0 Å². The summed E-state index contributed by atoms with van der Waals surface area (Å²) in [6, 6.07) is 0. The second-order valence-electron chi connectivity index (χ2n) is 5.05. The van der Waals surface area contributed by atoms with Crippen LogP contribution in [0.25, 0.3) is 0 Å². The molecule has 0 aromatic heterocycles. The van der Waals surface area contributed by atoms with Crippen molar-refractivity contribution in [3.63, 3.8) is 0 Å². The first kappa shape index (κ1) is 12.5. The molecule has 92 valence electrons. The molecule has 0 spiro atoms. The highest BCUT2D eigenvalue weighted by atomic mass is 14.4. The van der Waals surface area contributed by atoms with Gasteiger partial charge < -0.3 is 0 Å². The molecule has 4 N–H and O–H groups in total. The Balaban J connectivity index is 2.58. The van der Waals surface area contributed by atoms with Crippen molar-refractivity contribution in [3.05, 3.63) is 57.7 Å². The lowest BCUT2D eigenvalue weighted by atomic mass is 9.88. The number of rotatable bonds is 0. The Bertz CT molecular complexity index is 503. The fraction of sp³-hybridized carbons (Fsp3) is 0.250. The maximum Gasteiger partial charge on any atom is 0.202 e. The Hall–Kier alpha value is -1.96. The smallest absolute Gasteiger partial charge is 0.202 e. The summed E-state index contributed by atoms with van der Waals surface area (Å²) in [7, 11) is 0. The average molecular weight is 240 g/mol. The zero-order chi connectivity index (χ0) is 13.4. The Morgan fingerprint density at radius 3 is 1.00 bits per heavy atom. The molecule has 0 bridgehead atoms. The van der Waals surface area contributed by atoms with E-state index in [0.29, 0.717) is 0 Å². The van der Waals surface area contributed by atoms with Gasteiger partial charge in [-0.05, 0) is 63.1 Å². The van der Waals surface area contributed by atoms with Crippen molar-refractivity contribution < 1.29 is 10.8 Å². The predicted molar refractivity (Wildman–Crippen MR) is 75.9 cm³/mol. The van der Waals surface area contributed by atoms with Gasteiger partial charge in [-0.15, -0.1) is 0 Å². The minimum absolute atomic E-state index is 0.877. The summed E-state index contributed by atoms with van der Waals surface area (Å²) < 4.78 is 0. The van der Waals surface area contributed by atoms with Gasteiger partial charge in [0.2, 0.25) is 11.4 Å². The standard InChI is InChI=1S/C16H18N2/c1-9-5-13(6-10(2)15(9)17)14-7-11(3)16(18)12(4)8-14/h5-8,17-18H,1-4H3/p+2. The van der Waals surface area contributed by atoms with Crippen molar-refractivity contribution in [1.29, 1.82) is 0 Å². The number of hydrogen-bond donors (Lipinski definition) is 2. The summed E-state index contributed by atoms with van der Waals surface area (Å²) in [4.78, 5) is 0. The van der Waals surface area contributed by atoms with Gasteiger partial charge in [0.1, 0.15) is 0 Å². The van der Waals surface area contributed by atoms with E-state index < -0.39 is 0 Å². The van der Waals surface area contributed by atoms with Crippen molar-refractivity contribution in [2.45, 2.75) is 27.7 Å². The van der Waals surface area contributed by atoms with Gasteiger partial charge in [-0.3, -0.25) is 10.8 Å². The summed E-state index contributed by atoms with van der Waals surface area (Å²) >= 11 is 0.